The first-order valence-corrected chi connectivity index (χ1v) is 8.93. The van der Waals surface area contributed by atoms with Crippen molar-refractivity contribution in [3.05, 3.63) is 23.8 Å². The molecule has 148 valence electrons. The van der Waals surface area contributed by atoms with Crippen molar-refractivity contribution in [1.82, 2.24) is 10.2 Å². The third-order valence-corrected chi connectivity index (χ3v) is 4.30. The van der Waals surface area contributed by atoms with Crippen LogP contribution in [-0.2, 0) is 6.54 Å². The van der Waals surface area contributed by atoms with Gasteiger partial charge in [0.25, 0.3) is 0 Å². The van der Waals surface area contributed by atoms with Crippen molar-refractivity contribution in [1.29, 1.82) is 0 Å². The van der Waals surface area contributed by atoms with E-state index in [4.69, 9.17) is 19.6 Å². The molecule has 0 bridgehead atoms. The Morgan fingerprint density at radius 2 is 2.12 bits per heavy atom. The second kappa shape index (κ2) is 10.8. The van der Waals surface area contributed by atoms with Crippen LogP contribution in [0.3, 0.4) is 0 Å². The van der Waals surface area contributed by atoms with E-state index in [2.05, 4.69) is 31.0 Å². The first-order valence-electron chi connectivity index (χ1n) is 8.93. The van der Waals surface area contributed by atoms with Gasteiger partial charge in [-0.05, 0) is 36.5 Å². The Hall–Kier alpha value is -1.22. The molecule has 1 fully saturated rings. The number of hydrogen-bond donors (Lipinski definition) is 2. The molecule has 2 N–H and O–H groups in total. The van der Waals surface area contributed by atoms with Gasteiger partial charge in [-0.2, -0.15) is 0 Å². The zero-order valence-electron chi connectivity index (χ0n) is 16.2. The lowest BCUT2D eigenvalue weighted by Gasteiger charge is -2.23. The lowest BCUT2D eigenvalue weighted by Crippen LogP contribution is -2.40. The number of ether oxygens (including phenoxy) is 2. The van der Waals surface area contributed by atoms with Crippen molar-refractivity contribution < 1.29 is 14.6 Å². The molecule has 2 rings (SSSR count). The van der Waals surface area contributed by atoms with Crippen LogP contribution in [0.1, 0.15) is 32.8 Å². The molecule has 1 heterocycles. The van der Waals surface area contributed by atoms with Crippen molar-refractivity contribution in [3.63, 3.8) is 0 Å². The molecule has 1 aliphatic heterocycles. The minimum absolute atomic E-state index is 0. The quantitative estimate of drug-likeness (QED) is 0.359. The van der Waals surface area contributed by atoms with Gasteiger partial charge in [0.15, 0.2) is 17.5 Å². The van der Waals surface area contributed by atoms with Crippen molar-refractivity contribution in [2.75, 3.05) is 40.0 Å². The van der Waals surface area contributed by atoms with Gasteiger partial charge in [0.2, 0.25) is 0 Å². The Balaban J connectivity index is 0.00000338. The van der Waals surface area contributed by atoms with E-state index in [9.17, 15) is 0 Å². The van der Waals surface area contributed by atoms with Gasteiger partial charge < -0.3 is 24.8 Å². The van der Waals surface area contributed by atoms with Crippen LogP contribution in [0.15, 0.2) is 23.2 Å². The summed E-state index contributed by atoms with van der Waals surface area (Å²) in [5, 5.41) is 12.3. The number of methoxy groups -OCH3 is 1. The smallest absolute Gasteiger partial charge is 0.194 e. The van der Waals surface area contributed by atoms with Gasteiger partial charge in [-0.25, -0.2) is 4.99 Å². The van der Waals surface area contributed by atoms with Crippen LogP contribution in [0.25, 0.3) is 0 Å². The summed E-state index contributed by atoms with van der Waals surface area (Å²) in [5.41, 5.74) is 1.40. The lowest BCUT2D eigenvalue weighted by molar-refractivity contribution is 0.196. The number of benzene rings is 1. The molecule has 0 atom stereocenters. The molecule has 6 nitrogen and oxygen atoms in total. The number of nitrogens with one attached hydrogen (secondary N) is 1. The number of aliphatic imine (C=N–C) groups is 1. The molecule has 0 spiro atoms. The van der Waals surface area contributed by atoms with Gasteiger partial charge in [-0.15, -0.1) is 24.0 Å². The summed E-state index contributed by atoms with van der Waals surface area (Å²) in [6.45, 7) is 10.4. The molecule has 7 heteroatoms. The zero-order chi connectivity index (χ0) is 18.3. The molecule has 26 heavy (non-hydrogen) atoms. The number of likely N-dealkylation sites (tertiary alicyclic amines) is 1. The Morgan fingerprint density at radius 3 is 2.69 bits per heavy atom. The summed E-state index contributed by atoms with van der Waals surface area (Å²) in [5.74, 6) is 2.26. The highest BCUT2D eigenvalue weighted by atomic mass is 127. The second-order valence-electron chi connectivity index (χ2n) is 7.06. The van der Waals surface area contributed by atoms with Crippen LogP contribution in [0, 0.1) is 5.41 Å². The van der Waals surface area contributed by atoms with E-state index in [1.165, 1.54) is 6.42 Å². The highest BCUT2D eigenvalue weighted by molar-refractivity contribution is 14.0. The fraction of sp³-hybridized carbons (Fsp3) is 0.632. The maximum Gasteiger partial charge on any atom is 0.194 e. The molecule has 0 aliphatic carbocycles. The summed E-state index contributed by atoms with van der Waals surface area (Å²) in [7, 11) is 1.62. The number of aliphatic hydroxyl groups is 1. The maximum absolute atomic E-state index is 8.89. The van der Waals surface area contributed by atoms with E-state index >= 15 is 0 Å². The topological polar surface area (TPSA) is 66.3 Å². The van der Waals surface area contributed by atoms with E-state index < -0.39 is 0 Å². The van der Waals surface area contributed by atoms with Gasteiger partial charge in [-0.3, -0.25) is 0 Å². The van der Waals surface area contributed by atoms with E-state index in [0.717, 1.165) is 31.2 Å². The maximum atomic E-state index is 8.89. The van der Waals surface area contributed by atoms with Crippen molar-refractivity contribution >= 4 is 29.9 Å². The number of guanidine groups is 1. The van der Waals surface area contributed by atoms with Gasteiger partial charge in [0, 0.05) is 19.6 Å². The molecule has 0 radical (unpaired) electrons. The normalized spacial score (nSPS) is 16.2. The van der Waals surface area contributed by atoms with Crippen molar-refractivity contribution in [2.45, 2.75) is 33.7 Å². The Labute approximate surface area is 174 Å². The minimum atomic E-state index is -0.0204. The van der Waals surface area contributed by atoms with E-state index in [1.807, 2.05) is 18.2 Å². The Kier molecular flexibility index (Phi) is 9.49. The first kappa shape index (κ1) is 22.8. The predicted molar refractivity (Wildman–Crippen MR) is 116 cm³/mol. The van der Waals surface area contributed by atoms with Gasteiger partial charge in [0.05, 0.1) is 20.3 Å². The monoisotopic (exact) mass is 477 g/mol. The molecule has 0 aromatic heterocycles. The number of rotatable bonds is 7. The Morgan fingerprint density at radius 1 is 1.35 bits per heavy atom. The molecule has 1 aliphatic rings. The Bertz CT molecular complexity index is 593. The van der Waals surface area contributed by atoms with Crippen LogP contribution >= 0.6 is 24.0 Å². The highest BCUT2D eigenvalue weighted by Gasteiger charge is 2.30. The number of halogens is 1. The summed E-state index contributed by atoms with van der Waals surface area (Å²) in [6.07, 6.45) is 1.18. The van der Waals surface area contributed by atoms with Crippen molar-refractivity contribution in [3.8, 4) is 11.5 Å². The van der Waals surface area contributed by atoms with Crippen LogP contribution < -0.4 is 14.8 Å². The summed E-state index contributed by atoms with van der Waals surface area (Å²) in [4.78, 5) is 7.13. The predicted octanol–water partition coefficient (Wildman–Crippen LogP) is 2.88. The van der Waals surface area contributed by atoms with Gasteiger partial charge >= 0.3 is 0 Å². The molecule has 0 amide bonds. The van der Waals surface area contributed by atoms with E-state index in [0.29, 0.717) is 23.5 Å². The summed E-state index contributed by atoms with van der Waals surface area (Å²) in [6, 6.07) is 5.79. The van der Waals surface area contributed by atoms with Crippen LogP contribution in [0.4, 0.5) is 0 Å². The SMILES string of the molecule is CCNC(=NCc1ccc(OCCO)c(OC)c1)N1CCC(C)(C)C1.I. The van der Waals surface area contributed by atoms with Crippen LogP contribution in [-0.4, -0.2) is 55.9 Å². The third kappa shape index (κ3) is 6.50. The number of aliphatic hydroxyl groups excluding tert-OH is 1. The fourth-order valence-electron chi connectivity index (χ4n) is 2.97. The first-order chi connectivity index (χ1) is 12.0. The second-order valence-corrected chi connectivity index (χ2v) is 7.06. The average Bonchev–Trinajstić information content (AvgIpc) is 2.96. The molecular weight excluding hydrogens is 445 g/mol. The molecule has 1 aromatic rings. The fourth-order valence-corrected chi connectivity index (χ4v) is 2.97. The third-order valence-electron chi connectivity index (χ3n) is 4.30. The minimum Gasteiger partial charge on any atom is -0.493 e. The van der Waals surface area contributed by atoms with Crippen LogP contribution in [0.2, 0.25) is 0 Å². The van der Waals surface area contributed by atoms with Crippen LogP contribution in [0.5, 0.6) is 11.5 Å². The standard InChI is InChI=1S/C19H31N3O3.HI/c1-5-20-18(22-9-8-19(2,3)14-22)21-13-15-6-7-16(25-11-10-23)17(12-15)24-4;/h6-7,12,23H,5,8-11,13-14H2,1-4H3,(H,20,21);1H. The summed E-state index contributed by atoms with van der Waals surface area (Å²) >= 11 is 0. The molecule has 1 saturated heterocycles. The van der Waals surface area contributed by atoms with Crippen molar-refractivity contribution in [2.24, 2.45) is 10.4 Å². The average molecular weight is 477 g/mol. The van der Waals surface area contributed by atoms with E-state index in [-0.39, 0.29) is 37.2 Å². The van der Waals surface area contributed by atoms with E-state index in [1.54, 1.807) is 7.11 Å². The molecule has 0 saturated carbocycles. The molecular formula is C19H32IN3O3. The van der Waals surface area contributed by atoms with Gasteiger partial charge in [0.1, 0.15) is 6.61 Å². The highest BCUT2D eigenvalue weighted by Crippen LogP contribution is 2.30. The summed E-state index contributed by atoms with van der Waals surface area (Å²) < 4.78 is 10.9. The number of nitrogens with zero attached hydrogens (tertiary/aromatic N) is 2. The zero-order valence-corrected chi connectivity index (χ0v) is 18.6. The lowest BCUT2D eigenvalue weighted by atomic mass is 9.93. The molecule has 0 unspecified atom stereocenters. The number of hydrogen-bond acceptors (Lipinski definition) is 4. The van der Waals surface area contributed by atoms with Gasteiger partial charge in [-0.1, -0.05) is 19.9 Å². The largest absolute Gasteiger partial charge is 0.493 e. The molecule has 1 aromatic carbocycles.